The van der Waals surface area contributed by atoms with Crippen molar-refractivity contribution in [2.75, 3.05) is 4.31 Å². The quantitative estimate of drug-likeness (QED) is 0.312. The Bertz CT molecular complexity index is 1400. The van der Waals surface area contributed by atoms with E-state index in [1.165, 1.54) is 18.2 Å². The number of halogens is 3. The molecule has 0 spiro atoms. The SMILES string of the molecule is O=S(=O)(c1cc(Cl)cc(Cl)c1O)N(Cc1ccccc1)c1cc(-c2ccccc2)ccc1F. The predicted octanol–water partition coefficient (Wildman–Crippen LogP) is 6.90. The van der Waals surface area contributed by atoms with Gasteiger partial charge in [0.1, 0.15) is 10.7 Å². The summed E-state index contributed by atoms with van der Waals surface area (Å²) in [5.74, 6) is -1.39. The molecule has 4 aromatic carbocycles. The molecule has 0 atom stereocenters. The van der Waals surface area contributed by atoms with Gasteiger partial charge in [-0.2, -0.15) is 0 Å². The van der Waals surface area contributed by atoms with Crippen molar-refractivity contribution in [1.82, 2.24) is 0 Å². The maximum absolute atomic E-state index is 15.1. The first-order valence-corrected chi connectivity index (χ1v) is 12.1. The fraction of sp³-hybridized carbons (Fsp3) is 0.0400. The molecule has 0 aliphatic rings. The Hall–Kier alpha value is -3.06. The van der Waals surface area contributed by atoms with Crippen molar-refractivity contribution < 1.29 is 17.9 Å². The second kappa shape index (κ2) is 9.43. The standard InChI is InChI=1S/C25H18Cl2FNO3S/c26-20-14-21(27)25(30)24(15-20)33(31,32)29(16-17-7-3-1-4-8-17)23-13-19(11-12-22(23)28)18-9-5-2-6-10-18/h1-15,30H,16H2. The Balaban J connectivity index is 1.92. The highest BCUT2D eigenvalue weighted by molar-refractivity contribution is 7.93. The fourth-order valence-corrected chi connectivity index (χ4v) is 5.62. The lowest BCUT2D eigenvalue weighted by molar-refractivity contribution is 0.458. The van der Waals surface area contributed by atoms with E-state index in [0.717, 1.165) is 15.9 Å². The van der Waals surface area contributed by atoms with Gasteiger partial charge in [-0.3, -0.25) is 4.31 Å². The molecule has 1 N–H and O–H groups in total. The smallest absolute Gasteiger partial charge is 0.268 e. The van der Waals surface area contributed by atoms with Gasteiger partial charge in [0, 0.05) is 5.02 Å². The van der Waals surface area contributed by atoms with Crippen molar-refractivity contribution >= 4 is 38.9 Å². The number of nitrogens with zero attached hydrogens (tertiary/aromatic N) is 1. The lowest BCUT2D eigenvalue weighted by Gasteiger charge is -2.26. The van der Waals surface area contributed by atoms with E-state index in [2.05, 4.69) is 0 Å². The van der Waals surface area contributed by atoms with Crippen LogP contribution < -0.4 is 4.31 Å². The number of phenolic OH excluding ortho intramolecular Hbond substituents is 1. The normalized spacial score (nSPS) is 11.4. The van der Waals surface area contributed by atoms with E-state index in [1.54, 1.807) is 36.4 Å². The van der Waals surface area contributed by atoms with Crippen molar-refractivity contribution in [2.45, 2.75) is 11.4 Å². The van der Waals surface area contributed by atoms with Crippen LogP contribution in [0.15, 0.2) is 95.9 Å². The summed E-state index contributed by atoms with van der Waals surface area (Å²) in [4.78, 5) is -0.513. The van der Waals surface area contributed by atoms with Crippen LogP contribution in [-0.4, -0.2) is 13.5 Å². The second-order valence-corrected chi connectivity index (χ2v) is 9.94. The topological polar surface area (TPSA) is 57.6 Å². The predicted molar refractivity (Wildman–Crippen MR) is 130 cm³/mol. The number of rotatable bonds is 6. The summed E-state index contributed by atoms with van der Waals surface area (Å²) in [5, 5.41) is 10.2. The first-order chi connectivity index (χ1) is 15.8. The van der Waals surface area contributed by atoms with Crippen LogP contribution in [0.1, 0.15) is 5.56 Å². The van der Waals surface area contributed by atoms with E-state index in [0.29, 0.717) is 11.1 Å². The molecule has 4 aromatic rings. The summed E-state index contributed by atoms with van der Waals surface area (Å²) in [6, 6.07) is 24.6. The van der Waals surface area contributed by atoms with E-state index in [4.69, 9.17) is 23.2 Å². The molecule has 0 aliphatic carbocycles. The molecule has 33 heavy (non-hydrogen) atoms. The number of hydrogen-bond acceptors (Lipinski definition) is 3. The average Bonchev–Trinajstić information content (AvgIpc) is 2.81. The summed E-state index contributed by atoms with van der Waals surface area (Å²) in [5.41, 5.74) is 1.88. The van der Waals surface area contributed by atoms with Gasteiger partial charge in [-0.05, 0) is 41.0 Å². The molecule has 0 aromatic heterocycles. The summed E-state index contributed by atoms with van der Waals surface area (Å²) in [6.45, 7) is -0.179. The molecule has 0 saturated carbocycles. The molecule has 0 aliphatic heterocycles. The zero-order chi connectivity index (χ0) is 23.6. The van der Waals surface area contributed by atoms with Crippen molar-refractivity contribution in [2.24, 2.45) is 0 Å². The van der Waals surface area contributed by atoms with Gasteiger partial charge in [-0.25, -0.2) is 12.8 Å². The van der Waals surface area contributed by atoms with Gasteiger partial charge >= 0.3 is 0 Å². The van der Waals surface area contributed by atoms with Crippen LogP contribution >= 0.6 is 23.2 Å². The Kier molecular flexibility index (Phi) is 6.61. The monoisotopic (exact) mass is 501 g/mol. The average molecular weight is 502 g/mol. The van der Waals surface area contributed by atoms with Gasteiger partial charge in [0.2, 0.25) is 0 Å². The zero-order valence-electron chi connectivity index (χ0n) is 17.1. The summed E-state index contributed by atoms with van der Waals surface area (Å²) < 4.78 is 43.5. The Labute approximate surface area is 201 Å². The van der Waals surface area contributed by atoms with E-state index in [-0.39, 0.29) is 22.3 Å². The minimum Gasteiger partial charge on any atom is -0.505 e. The molecule has 4 rings (SSSR count). The third kappa shape index (κ3) is 4.83. The fourth-order valence-electron chi connectivity index (χ4n) is 3.42. The van der Waals surface area contributed by atoms with Crippen LogP contribution in [0.2, 0.25) is 10.0 Å². The van der Waals surface area contributed by atoms with Crippen molar-refractivity contribution in [3.63, 3.8) is 0 Å². The molecular formula is C25H18Cl2FNO3S. The maximum atomic E-state index is 15.1. The second-order valence-electron chi connectivity index (χ2n) is 7.26. The van der Waals surface area contributed by atoms with Gasteiger partial charge in [0.05, 0.1) is 17.3 Å². The van der Waals surface area contributed by atoms with Crippen LogP contribution in [0, 0.1) is 5.82 Å². The maximum Gasteiger partial charge on any atom is 0.268 e. The summed E-state index contributed by atoms with van der Waals surface area (Å²) >= 11 is 12.0. The largest absolute Gasteiger partial charge is 0.505 e. The minimum absolute atomic E-state index is 0.0227. The van der Waals surface area contributed by atoms with Gasteiger partial charge in [-0.1, -0.05) is 89.9 Å². The number of phenols is 1. The summed E-state index contributed by atoms with van der Waals surface area (Å²) in [6.07, 6.45) is 0. The first-order valence-electron chi connectivity index (χ1n) is 9.87. The highest BCUT2D eigenvalue weighted by Crippen LogP contribution is 2.39. The minimum atomic E-state index is -4.47. The van der Waals surface area contributed by atoms with Crippen LogP contribution in [-0.2, 0) is 16.6 Å². The molecule has 0 amide bonds. The first kappa shape index (κ1) is 23.1. The molecule has 0 bridgehead atoms. The van der Waals surface area contributed by atoms with Crippen molar-refractivity contribution in [3.05, 3.63) is 112 Å². The van der Waals surface area contributed by atoms with Gasteiger partial charge < -0.3 is 5.11 Å². The van der Waals surface area contributed by atoms with Gasteiger partial charge in [-0.15, -0.1) is 0 Å². The Morgan fingerprint density at radius 2 is 1.45 bits per heavy atom. The number of aromatic hydroxyl groups is 1. The third-order valence-electron chi connectivity index (χ3n) is 5.05. The summed E-state index contributed by atoms with van der Waals surface area (Å²) in [7, 11) is -4.47. The Morgan fingerprint density at radius 1 is 0.818 bits per heavy atom. The molecule has 0 fully saturated rings. The molecule has 0 radical (unpaired) electrons. The van der Waals surface area contributed by atoms with Crippen LogP contribution in [0.3, 0.4) is 0 Å². The highest BCUT2D eigenvalue weighted by Gasteiger charge is 2.31. The van der Waals surface area contributed by atoms with Gasteiger partial charge in [0.25, 0.3) is 10.0 Å². The number of sulfonamides is 1. The molecule has 0 unspecified atom stereocenters. The highest BCUT2D eigenvalue weighted by atomic mass is 35.5. The molecule has 0 saturated heterocycles. The number of hydrogen-bond donors (Lipinski definition) is 1. The molecule has 8 heteroatoms. The van der Waals surface area contributed by atoms with E-state index in [1.807, 2.05) is 30.3 Å². The van der Waals surface area contributed by atoms with Crippen molar-refractivity contribution in [3.8, 4) is 16.9 Å². The lowest BCUT2D eigenvalue weighted by Crippen LogP contribution is -2.31. The van der Waals surface area contributed by atoms with Crippen LogP contribution in [0.25, 0.3) is 11.1 Å². The number of anilines is 1. The molecule has 0 heterocycles. The van der Waals surface area contributed by atoms with Crippen LogP contribution in [0.5, 0.6) is 5.75 Å². The lowest BCUT2D eigenvalue weighted by atomic mass is 10.0. The molecule has 4 nitrogen and oxygen atoms in total. The molecule has 168 valence electrons. The van der Waals surface area contributed by atoms with Gasteiger partial charge in [0.15, 0.2) is 5.75 Å². The van der Waals surface area contributed by atoms with E-state index < -0.39 is 26.5 Å². The van der Waals surface area contributed by atoms with E-state index >= 15 is 4.39 Å². The van der Waals surface area contributed by atoms with Crippen LogP contribution in [0.4, 0.5) is 10.1 Å². The number of benzene rings is 4. The molecular weight excluding hydrogens is 484 g/mol. The van der Waals surface area contributed by atoms with E-state index in [9.17, 15) is 13.5 Å². The Morgan fingerprint density at radius 3 is 2.12 bits per heavy atom. The zero-order valence-corrected chi connectivity index (χ0v) is 19.4. The third-order valence-corrected chi connectivity index (χ3v) is 7.33. The van der Waals surface area contributed by atoms with Crippen molar-refractivity contribution in [1.29, 1.82) is 0 Å².